The van der Waals surface area contributed by atoms with Gasteiger partial charge in [0.1, 0.15) is 18.1 Å². The lowest BCUT2D eigenvalue weighted by atomic mass is 10.1. The lowest BCUT2D eigenvalue weighted by Crippen LogP contribution is -2.27. The summed E-state index contributed by atoms with van der Waals surface area (Å²) in [5.74, 6) is 0.994. The number of nitrogens with zero attached hydrogens (tertiary/aromatic N) is 5. The lowest BCUT2D eigenvalue weighted by molar-refractivity contribution is 0.0807. The maximum Gasteiger partial charge on any atom is 0.270 e. The molecule has 0 aliphatic heterocycles. The van der Waals surface area contributed by atoms with Crippen LogP contribution >= 0.6 is 0 Å². The highest BCUT2D eigenvalue weighted by Gasteiger charge is 2.15. The molecule has 0 fully saturated rings. The Kier molecular flexibility index (Phi) is 5.46. The van der Waals surface area contributed by atoms with Crippen LogP contribution < -0.4 is 5.32 Å². The van der Waals surface area contributed by atoms with Crippen LogP contribution in [0.3, 0.4) is 0 Å². The lowest BCUT2D eigenvalue weighted by Gasteiger charge is -2.10. The standard InChI is InChI=1S/C25H20N8O/c1-33(11-9-26)25(34)22-12-17-2-3-18(13-21(17)31-22)24-27-10-8-23(32-24)30-20-6-4-16(5-7-20)19-14-28-29-15-19/h2-8,10,12-15,31H,11H2,1H3,(H,28,29)(H,27,30,32). The zero-order valence-corrected chi connectivity index (χ0v) is 18.3. The highest BCUT2D eigenvalue weighted by atomic mass is 16.2. The van der Waals surface area contributed by atoms with E-state index in [1.54, 1.807) is 25.5 Å². The molecule has 3 aromatic heterocycles. The summed E-state index contributed by atoms with van der Waals surface area (Å²) in [6, 6.07) is 19.3. The van der Waals surface area contributed by atoms with E-state index in [0.29, 0.717) is 17.3 Å². The van der Waals surface area contributed by atoms with E-state index in [0.717, 1.165) is 33.3 Å². The number of H-pyrrole nitrogens is 2. The third-order valence-corrected chi connectivity index (χ3v) is 5.41. The monoisotopic (exact) mass is 448 g/mol. The maximum absolute atomic E-state index is 12.5. The van der Waals surface area contributed by atoms with Gasteiger partial charge in [0.15, 0.2) is 5.82 Å². The number of benzene rings is 2. The van der Waals surface area contributed by atoms with E-state index in [1.807, 2.05) is 60.8 Å². The Balaban J connectivity index is 1.36. The topological polar surface area (TPSA) is 126 Å². The Morgan fingerprint density at radius 2 is 1.91 bits per heavy atom. The second-order valence-corrected chi connectivity index (χ2v) is 7.76. The Hall–Kier alpha value is -4.97. The molecule has 166 valence electrons. The Bertz CT molecular complexity index is 1500. The summed E-state index contributed by atoms with van der Waals surface area (Å²) in [6.45, 7) is 0.0269. The number of hydrogen-bond donors (Lipinski definition) is 3. The van der Waals surface area contributed by atoms with E-state index in [4.69, 9.17) is 5.26 Å². The van der Waals surface area contributed by atoms with Crippen molar-refractivity contribution in [2.24, 2.45) is 0 Å². The predicted molar refractivity (Wildman–Crippen MR) is 129 cm³/mol. The first-order valence-electron chi connectivity index (χ1n) is 10.6. The molecule has 0 aliphatic rings. The van der Waals surface area contributed by atoms with Gasteiger partial charge in [0, 0.05) is 47.2 Å². The summed E-state index contributed by atoms with van der Waals surface area (Å²) in [4.78, 5) is 26.0. The average molecular weight is 448 g/mol. The van der Waals surface area contributed by atoms with Crippen LogP contribution in [-0.2, 0) is 0 Å². The van der Waals surface area contributed by atoms with E-state index in [9.17, 15) is 4.79 Å². The van der Waals surface area contributed by atoms with Crippen molar-refractivity contribution in [1.29, 1.82) is 5.26 Å². The first-order valence-corrected chi connectivity index (χ1v) is 10.6. The number of nitriles is 1. The smallest absolute Gasteiger partial charge is 0.270 e. The van der Waals surface area contributed by atoms with Crippen molar-refractivity contribution < 1.29 is 4.79 Å². The predicted octanol–water partition coefficient (Wildman–Crippen LogP) is 4.35. The fraction of sp³-hybridized carbons (Fsp3) is 0.0800. The van der Waals surface area contributed by atoms with Gasteiger partial charge in [0.25, 0.3) is 5.91 Å². The molecule has 3 heterocycles. The van der Waals surface area contributed by atoms with Crippen LogP contribution in [-0.4, -0.2) is 49.5 Å². The largest absolute Gasteiger partial charge is 0.351 e. The van der Waals surface area contributed by atoms with Gasteiger partial charge in [-0.2, -0.15) is 10.4 Å². The van der Waals surface area contributed by atoms with E-state index in [1.165, 1.54) is 4.90 Å². The molecule has 0 radical (unpaired) electrons. The molecule has 3 N–H and O–H groups in total. The summed E-state index contributed by atoms with van der Waals surface area (Å²) in [5.41, 5.74) is 5.04. The summed E-state index contributed by atoms with van der Waals surface area (Å²) in [5, 5.41) is 19.8. The zero-order valence-electron chi connectivity index (χ0n) is 18.3. The van der Waals surface area contributed by atoms with Crippen molar-refractivity contribution in [3.05, 3.63) is 78.9 Å². The van der Waals surface area contributed by atoms with Gasteiger partial charge in [-0.1, -0.05) is 24.3 Å². The zero-order chi connectivity index (χ0) is 23.5. The van der Waals surface area contributed by atoms with Crippen LogP contribution in [0.5, 0.6) is 0 Å². The molecule has 0 saturated heterocycles. The quantitative estimate of drug-likeness (QED) is 0.332. The number of rotatable bonds is 6. The van der Waals surface area contributed by atoms with Crippen LogP contribution in [0.1, 0.15) is 10.5 Å². The molecule has 5 rings (SSSR count). The number of aromatic amines is 2. The second kappa shape index (κ2) is 8.88. The number of fused-ring (bicyclic) bond motifs is 1. The van der Waals surface area contributed by atoms with Crippen molar-refractivity contribution in [1.82, 2.24) is 30.0 Å². The first kappa shape index (κ1) is 20.9. The third-order valence-electron chi connectivity index (χ3n) is 5.41. The average Bonchev–Trinajstić information content (AvgIpc) is 3.54. The molecule has 34 heavy (non-hydrogen) atoms. The highest BCUT2D eigenvalue weighted by Crippen LogP contribution is 2.25. The normalized spacial score (nSPS) is 10.7. The van der Waals surface area contributed by atoms with Gasteiger partial charge in [0.05, 0.1) is 12.3 Å². The Morgan fingerprint density at radius 1 is 1.09 bits per heavy atom. The minimum absolute atomic E-state index is 0.0269. The third kappa shape index (κ3) is 4.20. The minimum Gasteiger partial charge on any atom is -0.351 e. The van der Waals surface area contributed by atoms with Crippen molar-refractivity contribution in [2.45, 2.75) is 0 Å². The van der Waals surface area contributed by atoms with Crippen molar-refractivity contribution in [2.75, 3.05) is 18.9 Å². The molecule has 0 atom stereocenters. The molecule has 5 aromatic rings. The molecule has 0 spiro atoms. The maximum atomic E-state index is 12.5. The second-order valence-electron chi connectivity index (χ2n) is 7.76. The molecule has 9 nitrogen and oxygen atoms in total. The van der Waals surface area contributed by atoms with Crippen LogP contribution in [0.4, 0.5) is 11.5 Å². The van der Waals surface area contributed by atoms with Gasteiger partial charge in [-0.3, -0.25) is 9.89 Å². The van der Waals surface area contributed by atoms with Crippen molar-refractivity contribution in [3.8, 4) is 28.6 Å². The number of nitrogens with one attached hydrogen (secondary N) is 3. The molecular weight excluding hydrogens is 428 g/mol. The number of hydrogen-bond acceptors (Lipinski definition) is 6. The van der Waals surface area contributed by atoms with Crippen LogP contribution in [0.15, 0.2) is 73.2 Å². The van der Waals surface area contributed by atoms with Crippen LogP contribution in [0.25, 0.3) is 33.4 Å². The Labute approximate surface area is 195 Å². The summed E-state index contributed by atoms with van der Waals surface area (Å²) >= 11 is 0. The van der Waals surface area contributed by atoms with Gasteiger partial charge < -0.3 is 15.2 Å². The fourth-order valence-corrected chi connectivity index (χ4v) is 3.63. The SMILES string of the molecule is CN(CC#N)C(=O)c1cc2ccc(-c3nccc(Nc4ccc(-c5cn[nH]c5)cc4)n3)cc2[nH]1. The van der Waals surface area contributed by atoms with E-state index in [2.05, 4.69) is 30.5 Å². The molecule has 0 aliphatic carbocycles. The molecule has 0 unspecified atom stereocenters. The Morgan fingerprint density at radius 3 is 2.68 bits per heavy atom. The molecular formula is C25H20N8O. The van der Waals surface area contributed by atoms with Crippen molar-refractivity contribution >= 4 is 28.3 Å². The van der Waals surface area contributed by atoms with Crippen LogP contribution in [0.2, 0.25) is 0 Å². The van der Waals surface area contributed by atoms with Gasteiger partial charge in [0.2, 0.25) is 0 Å². The van der Waals surface area contributed by atoms with Crippen LogP contribution in [0, 0.1) is 11.3 Å². The number of carbonyl (C=O) groups excluding carboxylic acids is 1. The molecule has 0 saturated carbocycles. The van der Waals surface area contributed by atoms with E-state index < -0.39 is 0 Å². The van der Waals surface area contributed by atoms with Gasteiger partial charge >= 0.3 is 0 Å². The van der Waals surface area contributed by atoms with E-state index in [-0.39, 0.29) is 12.5 Å². The summed E-state index contributed by atoms with van der Waals surface area (Å²) in [6.07, 6.45) is 5.34. The fourth-order valence-electron chi connectivity index (χ4n) is 3.63. The summed E-state index contributed by atoms with van der Waals surface area (Å²) < 4.78 is 0. The number of carbonyl (C=O) groups is 1. The highest BCUT2D eigenvalue weighted by molar-refractivity contribution is 5.98. The first-order chi connectivity index (χ1) is 16.6. The number of aromatic nitrogens is 5. The molecule has 2 aromatic carbocycles. The molecule has 1 amide bonds. The van der Waals surface area contributed by atoms with Crippen molar-refractivity contribution in [3.63, 3.8) is 0 Å². The van der Waals surface area contributed by atoms with Gasteiger partial charge in [-0.25, -0.2) is 9.97 Å². The minimum atomic E-state index is -0.236. The number of amides is 1. The molecule has 0 bridgehead atoms. The van der Waals surface area contributed by atoms with Gasteiger partial charge in [-0.15, -0.1) is 0 Å². The van der Waals surface area contributed by atoms with Gasteiger partial charge in [-0.05, 0) is 35.9 Å². The van der Waals surface area contributed by atoms with E-state index >= 15 is 0 Å². The summed E-state index contributed by atoms with van der Waals surface area (Å²) in [7, 11) is 1.60. The molecule has 9 heteroatoms. The number of anilines is 2.